The fourth-order valence-corrected chi connectivity index (χ4v) is 3.32. The third kappa shape index (κ3) is 5.19. The molecule has 0 amide bonds. The van der Waals surface area contributed by atoms with Gasteiger partial charge in [0.25, 0.3) is 0 Å². The van der Waals surface area contributed by atoms with Crippen LogP contribution >= 0.6 is 11.8 Å². The lowest BCUT2D eigenvalue weighted by Crippen LogP contribution is -2.45. The van der Waals surface area contributed by atoms with E-state index in [1.165, 1.54) is 44.5 Å². The zero-order valence-electron chi connectivity index (χ0n) is 11.8. The highest BCUT2D eigenvalue weighted by atomic mass is 32.2. The Morgan fingerprint density at radius 1 is 1.29 bits per heavy atom. The molecule has 0 aromatic heterocycles. The fraction of sp³-hybridized carbons (Fsp3) is 1.00. The Kier molecular flexibility index (Phi) is 7.56. The molecule has 0 bridgehead atoms. The molecule has 0 saturated carbocycles. The van der Waals surface area contributed by atoms with Gasteiger partial charge in [0.15, 0.2) is 0 Å². The van der Waals surface area contributed by atoms with Gasteiger partial charge in [-0.1, -0.05) is 13.8 Å². The highest BCUT2D eigenvalue weighted by Gasteiger charge is 2.25. The summed E-state index contributed by atoms with van der Waals surface area (Å²) in [4.78, 5) is 2.64. The summed E-state index contributed by atoms with van der Waals surface area (Å²) in [6, 6.07) is 0.635. The van der Waals surface area contributed by atoms with E-state index in [0.717, 1.165) is 18.4 Å². The van der Waals surface area contributed by atoms with Crippen molar-refractivity contribution in [3.63, 3.8) is 0 Å². The number of hydrogen-bond acceptors (Lipinski definition) is 3. The van der Waals surface area contributed by atoms with Gasteiger partial charge in [0, 0.05) is 12.6 Å². The van der Waals surface area contributed by atoms with Gasteiger partial charge in [0.2, 0.25) is 0 Å². The van der Waals surface area contributed by atoms with Crippen LogP contribution in [0.15, 0.2) is 0 Å². The maximum Gasteiger partial charge on any atom is 0.0218 e. The first kappa shape index (κ1) is 15.3. The van der Waals surface area contributed by atoms with Crippen molar-refractivity contribution in [1.29, 1.82) is 0 Å². The zero-order chi connectivity index (χ0) is 12.7. The standard InChI is InChI=1S/C14H30N2S/c1-12(2)13-6-8-16(9-7-13)14(11-15)5-4-10-17-3/h12-14H,4-11,15H2,1-3H3. The maximum atomic E-state index is 5.93. The van der Waals surface area contributed by atoms with Crippen LogP contribution in [0.25, 0.3) is 0 Å². The largest absolute Gasteiger partial charge is 0.329 e. The molecule has 2 N–H and O–H groups in total. The molecule has 1 aliphatic heterocycles. The molecule has 17 heavy (non-hydrogen) atoms. The number of nitrogens with zero attached hydrogens (tertiary/aromatic N) is 1. The zero-order valence-corrected chi connectivity index (χ0v) is 12.6. The third-order valence-corrected chi connectivity index (χ3v) is 4.89. The highest BCUT2D eigenvalue weighted by Crippen LogP contribution is 2.26. The average molecular weight is 258 g/mol. The van der Waals surface area contributed by atoms with Crippen molar-refractivity contribution >= 4 is 11.8 Å². The summed E-state index contributed by atoms with van der Waals surface area (Å²) in [5.74, 6) is 3.07. The summed E-state index contributed by atoms with van der Waals surface area (Å²) in [6.45, 7) is 8.09. The Hall–Kier alpha value is 0.270. The van der Waals surface area contributed by atoms with Crippen LogP contribution in [0.1, 0.15) is 39.5 Å². The molecular weight excluding hydrogens is 228 g/mol. The van der Waals surface area contributed by atoms with Crippen molar-refractivity contribution in [3.05, 3.63) is 0 Å². The SMILES string of the molecule is CSCCCC(CN)N1CCC(C(C)C)CC1. The van der Waals surface area contributed by atoms with E-state index in [4.69, 9.17) is 5.73 Å². The predicted octanol–water partition coefficient (Wildman–Crippen LogP) is 2.82. The van der Waals surface area contributed by atoms with E-state index >= 15 is 0 Å². The highest BCUT2D eigenvalue weighted by molar-refractivity contribution is 7.98. The van der Waals surface area contributed by atoms with Gasteiger partial charge < -0.3 is 5.73 Å². The first-order valence-corrected chi connectivity index (χ1v) is 8.51. The molecule has 1 fully saturated rings. The lowest BCUT2D eigenvalue weighted by molar-refractivity contribution is 0.112. The lowest BCUT2D eigenvalue weighted by atomic mass is 9.86. The lowest BCUT2D eigenvalue weighted by Gasteiger charge is -2.38. The van der Waals surface area contributed by atoms with Crippen LogP contribution in [0.5, 0.6) is 0 Å². The number of thioether (sulfide) groups is 1. The molecule has 0 aromatic rings. The molecule has 0 spiro atoms. The second-order valence-corrected chi connectivity index (χ2v) is 6.63. The number of rotatable bonds is 7. The van der Waals surface area contributed by atoms with Crippen molar-refractivity contribution in [2.45, 2.75) is 45.6 Å². The van der Waals surface area contributed by atoms with E-state index in [1.807, 2.05) is 11.8 Å². The summed E-state index contributed by atoms with van der Waals surface area (Å²) < 4.78 is 0. The van der Waals surface area contributed by atoms with Gasteiger partial charge in [0.05, 0.1) is 0 Å². The minimum atomic E-state index is 0.635. The van der Waals surface area contributed by atoms with Crippen molar-refractivity contribution in [2.75, 3.05) is 31.6 Å². The first-order valence-electron chi connectivity index (χ1n) is 7.12. The van der Waals surface area contributed by atoms with Gasteiger partial charge >= 0.3 is 0 Å². The Labute approximate surface area is 112 Å². The van der Waals surface area contributed by atoms with Crippen molar-refractivity contribution in [2.24, 2.45) is 17.6 Å². The summed E-state index contributed by atoms with van der Waals surface area (Å²) in [6.07, 6.45) is 7.52. The van der Waals surface area contributed by atoms with Gasteiger partial charge in [-0.05, 0) is 62.6 Å². The van der Waals surface area contributed by atoms with Gasteiger partial charge in [-0.15, -0.1) is 0 Å². The summed E-state index contributed by atoms with van der Waals surface area (Å²) in [5.41, 5.74) is 5.93. The molecule has 0 radical (unpaired) electrons. The van der Waals surface area contributed by atoms with Crippen LogP contribution in [0.2, 0.25) is 0 Å². The van der Waals surface area contributed by atoms with Crippen LogP contribution in [-0.4, -0.2) is 42.6 Å². The van der Waals surface area contributed by atoms with Crippen molar-refractivity contribution in [1.82, 2.24) is 4.90 Å². The number of nitrogens with two attached hydrogens (primary N) is 1. The molecule has 0 aromatic carbocycles. The molecule has 3 heteroatoms. The molecule has 1 unspecified atom stereocenters. The second kappa shape index (κ2) is 8.39. The van der Waals surface area contributed by atoms with Crippen LogP contribution in [-0.2, 0) is 0 Å². The van der Waals surface area contributed by atoms with E-state index in [1.54, 1.807) is 0 Å². The maximum absolute atomic E-state index is 5.93. The molecule has 1 aliphatic rings. The molecule has 102 valence electrons. The Morgan fingerprint density at radius 2 is 1.94 bits per heavy atom. The van der Waals surface area contributed by atoms with Gasteiger partial charge in [-0.3, -0.25) is 4.90 Å². The topological polar surface area (TPSA) is 29.3 Å². The predicted molar refractivity (Wildman–Crippen MR) is 79.6 cm³/mol. The molecule has 1 saturated heterocycles. The van der Waals surface area contributed by atoms with Gasteiger partial charge in [-0.2, -0.15) is 11.8 Å². The van der Waals surface area contributed by atoms with Crippen LogP contribution in [0.4, 0.5) is 0 Å². The molecular formula is C14H30N2S. The Balaban J connectivity index is 2.29. The summed E-state index contributed by atoms with van der Waals surface area (Å²) >= 11 is 1.95. The van der Waals surface area contributed by atoms with Gasteiger partial charge in [-0.25, -0.2) is 0 Å². The number of likely N-dealkylation sites (tertiary alicyclic amines) is 1. The molecule has 1 atom stereocenters. The number of hydrogen-bond donors (Lipinski definition) is 1. The quantitative estimate of drug-likeness (QED) is 0.712. The minimum absolute atomic E-state index is 0.635. The molecule has 0 aliphatic carbocycles. The van der Waals surface area contributed by atoms with E-state index in [9.17, 15) is 0 Å². The molecule has 1 heterocycles. The third-order valence-electron chi connectivity index (χ3n) is 4.19. The minimum Gasteiger partial charge on any atom is -0.329 e. The monoisotopic (exact) mass is 258 g/mol. The van der Waals surface area contributed by atoms with E-state index in [-0.39, 0.29) is 0 Å². The Bertz CT molecular complexity index is 189. The average Bonchev–Trinajstić information content (AvgIpc) is 2.35. The van der Waals surface area contributed by atoms with Crippen LogP contribution in [0.3, 0.4) is 0 Å². The fourth-order valence-electron chi connectivity index (χ4n) is 2.86. The van der Waals surface area contributed by atoms with Gasteiger partial charge in [0.1, 0.15) is 0 Å². The van der Waals surface area contributed by atoms with Crippen LogP contribution in [0, 0.1) is 11.8 Å². The summed E-state index contributed by atoms with van der Waals surface area (Å²) in [5, 5.41) is 0. The normalized spacial score (nSPS) is 21.0. The van der Waals surface area contributed by atoms with Crippen molar-refractivity contribution < 1.29 is 0 Å². The first-order chi connectivity index (χ1) is 8.19. The van der Waals surface area contributed by atoms with Crippen molar-refractivity contribution in [3.8, 4) is 0 Å². The number of piperidine rings is 1. The molecule has 2 nitrogen and oxygen atoms in total. The van der Waals surface area contributed by atoms with Crippen LogP contribution < -0.4 is 5.73 Å². The summed E-state index contributed by atoms with van der Waals surface area (Å²) in [7, 11) is 0. The van der Waals surface area contributed by atoms with E-state index in [2.05, 4.69) is 25.0 Å². The van der Waals surface area contributed by atoms with E-state index in [0.29, 0.717) is 6.04 Å². The smallest absolute Gasteiger partial charge is 0.0218 e. The second-order valence-electron chi connectivity index (χ2n) is 5.64. The molecule has 1 rings (SSSR count). The van der Waals surface area contributed by atoms with E-state index < -0.39 is 0 Å². The Morgan fingerprint density at radius 3 is 2.41 bits per heavy atom.